The van der Waals surface area contributed by atoms with E-state index >= 15 is 0 Å². The molecule has 2 heteroatoms. The minimum Gasteiger partial charge on any atom is -0.456 e. The van der Waals surface area contributed by atoms with E-state index in [1.165, 1.54) is 137 Å². The fourth-order valence-corrected chi connectivity index (χ4v) is 14.9. The maximum absolute atomic E-state index is 7.13. The average Bonchev–Trinajstić information content (AvgIpc) is 4.26. The largest absolute Gasteiger partial charge is 0.456 e. The molecule has 0 aliphatic heterocycles. The fraction of sp³-hybridized carbons (Fsp3) is 0.0769. The van der Waals surface area contributed by atoms with E-state index < -0.39 is 0 Å². The monoisotopic (exact) mass is 1020 g/mol. The molecule has 2 aromatic heterocycles. The van der Waals surface area contributed by atoms with Gasteiger partial charge in [0.1, 0.15) is 22.7 Å². The number of rotatable bonds is 5. The smallest absolute Gasteiger partial charge is 0.139 e. The predicted molar refractivity (Wildman–Crippen MR) is 336 cm³/mol. The summed E-state index contributed by atoms with van der Waals surface area (Å²) in [5.74, 6) is 1.97. The lowest BCUT2D eigenvalue weighted by molar-refractivity contribution is 0.619. The van der Waals surface area contributed by atoms with E-state index in [1.54, 1.807) is 0 Å². The van der Waals surface area contributed by atoms with E-state index in [0.29, 0.717) is 0 Å². The molecular formula is C78H52O2. The van der Waals surface area contributed by atoms with E-state index in [0.717, 1.165) is 39.2 Å². The van der Waals surface area contributed by atoms with Gasteiger partial charge in [-0.1, -0.05) is 252 Å². The summed E-state index contributed by atoms with van der Waals surface area (Å²) in [4.78, 5) is 0. The van der Waals surface area contributed by atoms with Crippen molar-refractivity contribution in [1.29, 1.82) is 0 Å². The molecule has 80 heavy (non-hydrogen) atoms. The average molecular weight is 1020 g/mol. The highest BCUT2D eigenvalue weighted by Gasteiger charge is 2.43. The van der Waals surface area contributed by atoms with Crippen molar-refractivity contribution in [3.8, 4) is 78.3 Å². The third kappa shape index (κ3) is 6.19. The van der Waals surface area contributed by atoms with Crippen LogP contribution in [-0.2, 0) is 10.8 Å². The van der Waals surface area contributed by atoms with Gasteiger partial charge < -0.3 is 8.83 Å². The van der Waals surface area contributed by atoms with E-state index in [-0.39, 0.29) is 10.8 Å². The van der Waals surface area contributed by atoms with Crippen molar-refractivity contribution in [2.75, 3.05) is 0 Å². The second kappa shape index (κ2) is 16.4. The van der Waals surface area contributed by atoms with Crippen molar-refractivity contribution in [2.45, 2.75) is 38.5 Å². The minimum atomic E-state index is -0.324. The van der Waals surface area contributed by atoms with Crippen LogP contribution in [0.5, 0.6) is 0 Å². The second-order valence-corrected chi connectivity index (χ2v) is 23.4. The second-order valence-electron chi connectivity index (χ2n) is 23.4. The van der Waals surface area contributed by atoms with Crippen molar-refractivity contribution in [1.82, 2.24) is 0 Å². The Hall–Kier alpha value is -9.76. The highest BCUT2D eigenvalue weighted by atomic mass is 16.3. The van der Waals surface area contributed by atoms with Gasteiger partial charge in [-0.05, 0) is 139 Å². The topological polar surface area (TPSA) is 26.3 Å². The summed E-state index contributed by atoms with van der Waals surface area (Å²) in [5.41, 5.74) is 21.0. The summed E-state index contributed by atoms with van der Waals surface area (Å²) in [6, 6.07) is 89.8. The van der Waals surface area contributed by atoms with Gasteiger partial charge in [0.15, 0.2) is 0 Å². The molecule has 2 aliphatic carbocycles. The molecule has 0 amide bonds. The van der Waals surface area contributed by atoms with Gasteiger partial charge >= 0.3 is 0 Å². The third-order valence-corrected chi connectivity index (χ3v) is 18.4. The van der Waals surface area contributed by atoms with Crippen LogP contribution in [0.4, 0.5) is 0 Å². The molecular weight excluding hydrogens is 969 g/mol. The van der Waals surface area contributed by atoms with E-state index in [1.807, 2.05) is 0 Å². The molecule has 0 unspecified atom stereocenters. The first-order valence-electron chi connectivity index (χ1n) is 28.1. The first-order valence-corrected chi connectivity index (χ1v) is 28.1. The van der Waals surface area contributed by atoms with E-state index in [2.05, 4.69) is 270 Å². The van der Waals surface area contributed by atoms with Crippen molar-refractivity contribution < 1.29 is 8.83 Å². The SMILES string of the molecule is CC1(C)c2ccccc2-c2oc3cc(-c4c5ccccc5c(-c5ccc(-c6cccc7c6C(C)(C)c6c-7oc7cc(-c8c9ccccc9c(-c9ccc%10ccccc%10c9)c9ccccc89)ccc67)cc5)c5ccccc45)ccc3c21. The van der Waals surface area contributed by atoms with E-state index in [9.17, 15) is 0 Å². The Labute approximate surface area is 463 Å². The number of hydrogen-bond donors (Lipinski definition) is 0. The lowest BCUT2D eigenvalue weighted by Crippen LogP contribution is -2.16. The third-order valence-electron chi connectivity index (χ3n) is 18.4. The number of furan rings is 2. The maximum atomic E-state index is 7.13. The minimum absolute atomic E-state index is 0.141. The predicted octanol–water partition coefficient (Wildman–Crippen LogP) is 21.9. The van der Waals surface area contributed by atoms with Gasteiger partial charge in [-0.25, -0.2) is 0 Å². The first-order chi connectivity index (χ1) is 39.2. The highest BCUT2D eigenvalue weighted by Crippen LogP contribution is 2.58. The van der Waals surface area contributed by atoms with Gasteiger partial charge in [-0.2, -0.15) is 0 Å². The zero-order valence-corrected chi connectivity index (χ0v) is 44.9. The Morgan fingerprint density at radius 3 is 1.16 bits per heavy atom. The summed E-state index contributed by atoms with van der Waals surface area (Å²) in [5, 5.41) is 14.7. The van der Waals surface area contributed by atoms with Gasteiger partial charge in [-0.15, -0.1) is 0 Å². The summed E-state index contributed by atoms with van der Waals surface area (Å²) in [6.45, 7) is 9.39. The molecule has 0 saturated heterocycles. The summed E-state index contributed by atoms with van der Waals surface area (Å²) < 4.78 is 14.0. The Morgan fingerprint density at radius 1 is 0.250 bits per heavy atom. The molecule has 0 bridgehead atoms. The number of hydrogen-bond acceptors (Lipinski definition) is 2. The van der Waals surface area contributed by atoms with Crippen LogP contribution in [0.15, 0.2) is 251 Å². The molecule has 0 radical (unpaired) electrons. The van der Waals surface area contributed by atoms with Crippen LogP contribution in [0.25, 0.3) is 154 Å². The van der Waals surface area contributed by atoms with Crippen molar-refractivity contribution in [3.05, 3.63) is 265 Å². The lowest BCUT2D eigenvalue weighted by atomic mass is 9.77. The van der Waals surface area contributed by atoms with Gasteiger partial charge in [0.2, 0.25) is 0 Å². The molecule has 2 heterocycles. The molecule has 0 fully saturated rings. The lowest BCUT2D eigenvalue weighted by Gasteiger charge is -2.24. The summed E-state index contributed by atoms with van der Waals surface area (Å²) >= 11 is 0. The molecule has 0 saturated carbocycles. The zero-order chi connectivity index (χ0) is 53.2. The normalized spacial score (nSPS) is 13.9. The van der Waals surface area contributed by atoms with Crippen molar-refractivity contribution >= 4 is 75.8 Å². The fourth-order valence-electron chi connectivity index (χ4n) is 14.9. The Balaban J connectivity index is 0.753. The van der Waals surface area contributed by atoms with Crippen LogP contribution in [-0.4, -0.2) is 0 Å². The molecule has 2 nitrogen and oxygen atoms in total. The summed E-state index contributed by atoms with van der Waals surface area (Å²) in [6.07, 6.45) is 0. The molecule has 0 spiro atoms. The quantitative estimate of drug-likeness (QED) is 0.161. The summed E-state index contributed by atoms with van der Waals surface area (Å²) in [7, 11) is 0. The molecule has 2 aliphatic rings. The number of benzene rings is 13. The Kier molecular flexibility index (Phi) is 9.28. The van der Waals surface area contributed by atoms with Gasteiger partial charge in [0.25, 0.3) is 0 Å². The Bertz CT molecular complexity index is 5060. The van der Waals surface area contributed by atoms with Crippen molar-refractivity contribution in [3.63, 3.8) is 0 Å². The molecule has 0 N–H and O–H groups in total. The zero-order valence-electron chi connectivity index (χ0n) is 44.9. The van der Waals surface area contributed by atoms with Crippen LogP contribution in [0.3, 0.4) is 0 Å². The highest BCUT2D eigenvalue weighted by molar-refractivity contribution is 6.23. The van der Waals surface area contributed by atoms with E-state index in [4.69, 9.17) is 8.83 Å². The van der Waals surface area contributed by atoms with Crippen LogP contribution < -0.4 is 0 Å². The molecule has 13 aromatic carbocycles. The standard InChI is InChI=1S/C78H52O2/c1-77(2)65-31-16-15-28-61(65)75-73(77)62-40-38-50(43-66(62)79-75)70-55-22-9-7-20-53(55)68(54-21-8-10-23-56(54)70)47-35-33-46(34-36-47)52-29-17-30-64-72(52)78(3,4)74-63-41-39-51(44-67(63)80-76(64)74)71-59-26-13-11-24-57(59)69(58-25-12-14-27-60(58)71)49-37-32-45-18-5-6-19-48(45)42-49/h5-44H,1-4H3. The molecule has 0 atom stereocenters. The molecule has 376 valence electrons. The van der Waals surface area contributed by atoms with Gasteiger partial charge in [-0.3, -0.25) is 0 Å². The van der Waals surface area contributed by atoms with Crippen LogP contribution >= 0.6 is 0 Å². The first kappa shape index (κ1) is 45.3. The van der Waals surface area contributed by atoms with Crippen molar-refractivity contribution in [2.24, 2.45) is 0 Å². The molecule has 15 aromatic rings. The van der Waals surface area contributed by atoms with Crippen LogP contribution in [0.1, 0.15) is 49.9 Å². The van der Waals surface area contributed by atoms with Crippen LogP contribution in [0.2, 0.25) is 0 Å². The van der Waals surface area contributed by atoms with Crippen LogP contribution in [0, 0.1) is 0 Å². The molecule has 17 rings (SSSR count). The number of fused-ring (bicyclic) bond motifs is 15. The Morgan fingerprint density at radius 2 is 0.625 bits per heavy atom. The van der Waals surface area contributed by atoms with Gasteiger partial charge in [0.05, 0.1) is 0 Å². The maximum Gasteiger partial charge on any atom is 0.139 e. The van der Waals surface area contributed by atoms with Gasteiger partial charge in [0, 0.05) is 43.9 Å².